The lowest BCUT2D eigenvalue weighted by molar-refractivity contribution is -0.161. The number of allylic oxidation sites excluding steroid dienone is 18. The smallest absolute Gasteiger partial charge is 0.472 e. The van der Waals surface area contributed by atoms with Crippen LogP contribution in [-0.2, 0) is 37.5 Å². The number of carbonyl (C=O) groups excluding carboxylic acids is 2. The Morgan fingerprint density at radius 1 is 0.552 bits per heavy atom. The Labute approximate surface area is 348 Å². The van der Waals surface area contributed by atoms with Crippen LogP contribution in [0, 0.1) is 0 Å². The number of esters is 2. The quantitative estimate of drug-likeness (QED) is 0.0235. The van der Waals surface area contributed by atoms with Crippen molar-refractivity contribution in [1.82, 2.24) is 0 Å². The highest BCUT2D eigenvalue weighted by atomic mass is 31.2. The van der Waals surface area contributed by atoms with Gasteiger partial charge in [-0.1, -0.05) is 136 Å². The molecular formula is C46H72NO10P. The van der Waals surface area contributed by atoms with Crippen molar-refractivity contribution in [2.45, 2.75) is 142 Å². The van der Waals surface area contributed by atoms with Crippen LogP contribution in [-0.4, -0.2) is 59.9 Å². The molecule has 0 heterocycles. The predicted octanol–water partition coefficient (Wildman–Crippen LogP) is 11.1. The molecule has 0 aromatic rings. The van der Waals surface area contributed by atoms with Crippen molar-refractivity contribution in [1.29, 1.82) is 0 Å². The molecule has 0 fully saturated rings. The number of nitrogens with two attached hydrogens (primary N) is 1. The van der Waals surface area contributed by atoms with Crippen LogP contribution < -0.4 is 5.73 Å². The van der Waals surface area contributed by atoms with E-state index < -0.39 is 57.7 Å². The predicted molar refractivity (Wildman–Crippen MR) is 235 cm³/mol. The van der Waals surface area contributed by atoms with Gasteiger partial charge < -0.3 is 25.2 Å². The fraction of sp³-hybridized carbons (Fsp3) is 0.543. The number of unbranched alkanes of at least 4 members (excludes halogenated alkanes) is 5. The minimum Gasteiger partial charge on any atom is -0.480 e. The van der Waals surface area contributed by atoms with E-state index in [1.807, 2.05) is 12.2 Å². The molecular weight excluding hydrogens is 757 g/mol. The largest absolute Gasteiger partial charge is 0.480 e. The molecule has 0 aliphatic rings. The van der Waals surface area contributed by atoms with Gasteiger partial charge in [0.25, 0.3) is 0 Å². The minimum atomic E-state index is -4.75. The van der Waals surface area contributed by atoms with Crippen LogP contribution in [0.1, 0.15) is 129 Å². The summed E-state index contributed by atoms with van der Waals surface area (Å²) < 4.78 is 32.5. The third-order valence-electron chi connectivity index (χ3n) is 8.02. The first-order chi connectivity index (χ1) is 28.1. The fourth-order valence-electron chi connectivity index (χ4n) is 4.74. The Balaban J connectivity index is 4.60. The summed E-state index contributed by atoms with van der Waals surface area (Å²) in [5, 5.41) is 8.88. The first-order valence-electron chi connectivity index (χ1n) is 20.9. The number of hydrogen-bond donors (Lipinski definition) is 3. The number of aliphatic carboxylic acids is 1. The van der Waals surface area contributed by atoms with E-state index in [2.05, 4.69) is 116 Å². The van der Waals surface area contributed by atoms with Gasteiger partial charge in [0.2, 0.25) is 0 Å². The molecule has 4 N–H and O–H groups in total. The molecule has 0 aromatic heterocycles. The van der Waals surface area contributed by atoms with Crippen LogP contribution in [0.4, 0.5) is 0 Å². The maximum atomic E-state index is 12.6. The standard InChI is InChI=1S/C46H72NO10P/c1-3-5-7-9-11-13-15-17-19-20-21-22-24-25-27-29-31-33-35-37-44(48)54-39-42(40-55-58(52,53)56-41-43(47)46(50)51)57-45(49)38-36-34-32-30-28-26-23-18-16-14-12-10-8-6-4-2/h5,7,11-14,17-19,21-23,25,27-28,30-31,33,42-43H,3-4,6,8-10,15-16,20,24,26,29,32,34-41,47H2,1-2H3,(H,50,51)(H,52,53)/b7-5-,13-11-,14-12-,19-17-,22-21-,23-18-,27-25-,30-28-,33-31-/t42-,43+/m1/s1. The van der Waals surface area contributed by atoms with Gasteiger partial charge in [0.05, 0.1) is 13.2 Å². The summed E-state index contributed by atoms with van der Waals surface area (Å²) in [5.74, 6) is -2.55. The molecule has 0 bridgehead atoms. The van der Waals surface area contributed by atoms with Crippen LogP contribution >= 0.6 is 7.82 Å². The zero-order chi connectivity index (χ0) is 42.8. The SMILES string of the molecule is CC/C=C\C/C=C\C/C=C\C/C=C\C/C=C\C/C=C\CCC(=O)OC[C@H](COP(=O)(O)OC[C@H](N)C(=O)O)OC(=O)CCCC/C=C\C/C=C\C/C=C\CCCCC. The molecule has 0 spiro atoms. The number of carboxylic acid groups (broad SMARTS) is 1. The Morgan fingerprint density at radius 3 is 1.45 bits per heavy atom. The fourth-order valence-corrected chi connectivity index (χ4v) is 5.52. The molecule has 0 saturated heterocycles. The molecule has 11 nitrogen and oxygen atoms in total. The maximum absolute atomic E-state index is 12.6. The molecule has 1 unspecified atom stereocenters. The van der Waals surface area contributed by atoms with Crippen molar-refractivity contribution in [3.05, 3.63) is 109 Å². The normalized spacial score (nSPS) is 14.8. The summed E-state index contributed by atoms with van der Waals surface area (Å²) in [6.07, 6.45) is 51.7. The molecule has 326 valence electrons. The lowest BCUT2D eigenvalue weighted by Gasteiger charge is -2.20. The van der Waals surface area contributed by atoms with Crippen molar-refractivity contribution in [3.8, 4) is 0 Å². The minimum absolute atomic E-state index is 0.0812. The number of phosphoric acid groups is 1. The summed E-state index contributed by atoms with van der Waals surface area (Å²) in [6, 6.07) is -1.54. The molecule has 0 radical (unpaired) electrons. The van der Waals surface area contributed by atoms with Crippen LogP contribution in [0.15, 0.2) is 109 Å². The number of ether oxygens (including phenoxy) is 2. The molecule has 0 aromatic carbocycles. The van der Waals surface area contributed by atoms with Crippen LogP contribution in [0.5, 0.6) is 0 Å². The van der Waals surface area contributed by atoms with E-state index in [0.29, 0.717) is 12.8 Å². The number of carboxylic acids is 1. The number of rotatable bonds is 37. The second-order valence-corrected chi connectivity index (χ2v) is 14.8. The highest BCUT2D eigenvalue weighted by Crippen LogP contribution is 2.43. The van der Waals surface area contributed by atoms with E-state index in [-0.39, 0.29) is 12.8 Å². The molecule has 0 aliphatic heterocycles. The Kier molecular flexibility index (Phi) is 37.3. The zero-order valence-electron chi connectivity index (χ0n) is 35.1. The Morgan fingerprint density at radius 2 is 0.983 bits per heavy atom. The molecule has 0 aliphatic carbocycles. The van der Waals surface area contributed by atoms with Gasteiger partial charge in [-0.15, -0.1) is 0 Å². The summed E-state index contributed by atoms with van der Waals surface area (Å²) >= 11 is 0. The van der Waals surface area contributed by atoms with Gasteiger partial charge >= 0.3 is 25.7 Å². The van der Waals surface area contributed by atoms with E-state index in [1.165, 1.54) is 19.3 Å². The van der Waals surface area contributed by atoms with Crippen LogP contribution in [0.25, 0.3) is 0 Å². The zero-order valence-corrected chi connectivity index (χ0v) is 36.0. The van der Waals surface area contributed by atoms with Gasteiger partial charge in [-0.2, -0.15) is 0 Å². The van der Waals surface area contributed by atoms with Crippen molar-refractivity contribution in [3.63, 3.8) is 0 Å². The van der Waals surface area contributed by atoms with Crippen molar-refractivity contribution < 1.29 is 47.5 Å². The third kappa shape index (κ3) is 39.0. The second-order valence-electron chi connectivity index (χ2n) is 13.4. The monoisotopic (exact) mass is 829 g/mol. The van der Waals surface area contributed by atoms with Gasteiger partial charge in [-0.3, -0.25) is 23.4 Å². The molecule has 0 saturated carbocycles. The summed E-state index contributed by atoms with van der Waals surface area (Å²) in [6.45, 7) is 2.51. The van der Waals surface area contributed by atoms with Gasteiger partial charge in [-0.25, -0.2) is 4.57 Å². The van der Waals surface area contributed by atoms with Gasteiger partial charge in [0, 0.05) is 12.8 Å². The average Bonchev–Trinajstić information content (AvgIpc) is 3.20. The molecule has 0 amide bonds. The summed E-state index contributed by atoms with van der Waals surface area (Å²) in [4.78, 5) is 45.9. The molecule has 3 atom stereocenters. The van der Waals surface area contributed by atoms with E-state index in [4.69, 9.17) is 24.8 Å². The van der Waals surface area contributed by atoms with E-state index in [9.17, 15) is 23.8 Å². The van der Waals surface area contributed by atoms with Gasteiger partial charge in [0.15, 0.2) is 6.10 Å². The van der Waals surface area contributed by atoms with Crippen molar-refractivity contribution in [2.75, 3.05) is 19.8 Å². The average molecular weight is 830 g/mol. The first-order valence-corrected chi connectivity index (χ1v) is 22.4. The topological polar surface area (TPSA) is 172 Å². The lowest BCUT2D eigenvalue weighted by Crippen LogP contribution is -2.34. The van der Waals surface area contributed by atoms with Crippen molar-refractivity contribution in [2.24, 2.45) is 5.73 Å². The van der Waals surface area contributed by atoms with E-state index in [0.717, 1.165) is 70.6 Å². The lowest BCUT2D eigenvalue weighted by atomic mass is 10.1. The molecule has 58 heavy (non-hydrogen) atoms. The molecule has 0 rings (SSSR count). The Bertz CT molecular complexity index is 1390. The second kappa shape index (κ2) is 39.9. The van der Waals surface area contributed by atoms with E-state index >= 15 is 0 Å². The third-order valence-corrected chi connectivity index (χ3v) is 8.97. The number of hydrogen-bond acceptors (Lipinski definition) is 9. The Hall–Kier alpha value is -3.86. The summed E-state index contributed by atoms with van der Waals surface area (Å²) in [7, 11) is -4.75. The van der Waals surface area contributed by atoms with Crippen LogP contribution in [0.3, 0.4) is 0 Å². The van der Waals surface area contributed by atoms with E-state index in [1.54, 1.807) is 0 Å². The maximum Gasteiger partial charge on any atom is 0.472 e. The first kappa shape index (κ1) is 54.1. The molecule has 12 heteroatoms. The van der Waals surface area contributed by atoms with Gasteiger partial charge in [0.1, 0.15) is 12.6 Å². The number of carbonyl (C=O) groups is 3. The van der Waals surface area contributed by atoms with Gasteiger partial charge in [-0.05, 0) is 89.9 Å². The number of phosphoric ester groups is 1. The van der Waals surface area contributed by atoms with Crippen LogP contribution in [0.2, 0.25) is 0 Å². The highest BCUT2D eigenvalue weighted by Gasteiger charge is 2.28. The van der Waals surface area contributed by atoms with Crippen molar-refractivity contribution >= 4 is 25.7 Å². The summed E-state index contributed by atoms with van der Waals surface area (Å²) in [5.41, 5.74) is 5.32. The highest BCUT2D eigenvalue weighted by molar-refractivity contribution is 7.47.